The zero-order chi connectivity index (χ0) is 12.0. The number of hydrogen-bond acceptors (Lipinski definition) is 2. The summed E-state index contributed by atoms with van der Waals surface area (Å²) < 4.78 is 0. The maximum Gasteiger partial charge on any atom is 0.156 e. The van der Waals surface area contributed by atoms with Crippen molar-refractivity contribution in [2.24, 2.45) is 5.73 Å². The van der Waals surface area contributed by atoms with Crippen molar-refractivity contribution in [1.29, 1.82) is 0 Å². The number of nitrogens with two attached hydrogens (primary N) is 1. The topological polar surface area (TPSA) is 43.1 Å². The van der Waals surface area contributed by atoms with Gasteiger partial charge in [0.15, 0.2) is 5.78 Å². The smallest absolute Gasteiger partial charge is 0.156 e. The average Bonchev–Trinajstić information content (AvgIpc) is 2.36. The lowest BCUT2D eigenvalue weighted by molar-refractivity contribution is -0.122. The van der Waals surface area contributed by atoms with Crippen molar-refractivity contribution in [1.82, 2.24) is 0 Å². The van der Waals surface area contributed by atoms with Gasteiger partial charge in [-0.15, -0.1) is 0 Å². The van der Waals surface area contributed by atoms with Crippen LogP contribution in [0.4, 0.5) is 0 Å². The van der Waals surface area contributed by atoms with E-state index in [4.69, 9.17) is 17.3 Å². The molecule has 0 aromatic heterocycles. The van der Waals surface area contributed by atoms with Gasteiger partial charge in [0.1, 0.15) is 5.54 Å². The fraction of sp³-hybridized carbons (Fsp3) is 0.364. The first-order chi connectivity index (χ1) is 7.35. The Hall–Kier alpha value is -0.730. The number of rotatable bonds is 1. The fourth-order valence-electron chi connectivity index (χ4n) is 2.58. The standard InChI is InChI=1S/C11H14B2ClNO/c12-10(13)5-9(16)11(15,6-10)7-3-1-2-4-8(7)14/h1-4H,5-6,12-13,15H2. The lowest BCUT2D eigenvalue weighted by Crippen LogP contribution is -2.41. The third kappa shape index (κ3) is 1.80. The molecule has 0 aliphatic heterocycles. The third-order valence-corrected chi connectivity index (χ3v) is 3.58. The van der Waals surface area contributed by atoms with E-state index in [-0.39, 0.29) is 11.0 Å². The number of Topliss-reactive ketones (excluding diaryl/α,β-unsaturated/α-hetero) is 1. The summed E-state index contributed by atoms with van der Waals surface area (Å²) in [6.45, 7) is 0. The van der Waals surface area contributed by atoms with E-state index in [2.05, 4.69) is 15.7 Å². The molecule has 1 aromatic rings. The number of carbonyl (C=O) groups is 1. The number of hydrogen-bond donors (Lipinski definition) is 1. The first-order valence-electron chi connectivity index (χ1n) is 5.42. The fourth-order valence-corrected chi connectivity index (χ4v) is 2.88. The minimum atomic E-state index is -0.901. The van der Waals surface area contributed by atoms with Crippen LogP contribution >= 0.6 is 11.6 Å². The zero-order valence-corrected chi connectivity index (χ0v) is 10.3. The van der Waals surface area contributed by atoms with E-state index in [0.717, 1.165) is 5.56 Å². The van der Waals surface area contributed by atoms with Gasteiger partial charge in [-0.1, -0.05) is 35.0 Å². The van der Waals surface area contributed by atoms with E-state index in [0.29, 0.717) is 17.9 Å². The maximum absolute atomic E-state index is 12.1. The summed E-state index contributed by atoms with van der Waals surface area (Å²) in [4.78, 5) is 12.1. The summed E-state index contributed by atoms with van der Waals surface area (Å²) >= 11 is 6.12. The summed E-state index contributed by atoms with van der Waals surface area (Å²) in [5.74, 6) is 0.0885. The highest BCUT2D eigenvalue weighted by molar-refractivity contribution is 6.42. The van der Waals surface area contributed by atoms with Crippen LogP contribution in [0.1, 0.15) is 18.4 Å². The molecule has 1 aromatic carbocycles. The molecule has 2 nitrogen and oxygen atoms in total. The van der Waals surface area contributed by atoms with Crippen LogP contribution in [0.3, 0.4) is 0 Å². The highest BCUT2D eigenvalue weighted by Crippen LogP contribution is 2.47. The van der Waals surface area contributed by atoms with E-state index in [1.165, 1.54) is 0 Å². The summed E-state index contributed by atoms with van der Waals surface area (Å²) in [5, 5.41) is 0.543. The van der Waals surface area contributed by atoms with Crippen LogP contribution in [0.15, 0.2) is 24.3 Å². The Morgan fingerprint density at radius 3 is 2.44 bits per heavy atom. The summed E-state index contributed by atoms with van der Waals surface area (Å²) in [5.41, 5.74) is 6.12. The van der Waals surface area contributed by atoms with Gasteiger partial charge in [-0.2, -0.15) is 0 Å². The van der Waals surface area contributed by atoms with E-state index in [9.17, 15) is 4.79 Å². The highest BCUT2D eigenvalue weighted by Gasteiger charge is 2.49. The van der Waals surface area contributed by atoms with Gasteiger partial charge >= 0.3 is 0 Å². The summed E-state index contributed by atoms with van der Waals surface area (Å²) in [7, 11) is 4.13. The number of benzene rings is 1. The summed E-state index contributed by atoms with van der Waals surface area (Å²) in [6, 6.07) is 7.35. The predicted molar refractivity (Wildman–Crippen MR) is 71.3 cm³/mol. The van der Waals surface area contributed by atoms with Gasteiger partial charge in [0, 0.05) is 11.4 Å². The number of halogens is 1. The average molecular weight is 233 g/mol. The lowest BCUT2D eigenvalue weighted by atomic mass is 9.53. The second-order valence-corrected chi connectivity index (χ2v) is 5.80. The van der Waals surface area contributed by atoms with Gasteiger partial charge in [-0.3, -0.25) is 4.79 Å². The van der Waals surface area contributed by atoms with Crippen LogP contribution in [0, 0.1) is 0 Å². The Morgan fingerprint density at radius 2 is 1.94 bits per heavy atom. The van der Waals surface area contributed by atoms with Crippen LogP contribution in [0.2, 0.25) is 10.2 Å². The Labute approximate surface area is 102 Å². The molecule has 2 rings (SSSR count). The second kappa shape index (κ2) is 3.64. The van der Waals surface area contributed by atoms with Crippen molar-refractivity contribution in [2.75, 3.05) is 0 Å². The van der Waals surface area contributed by atoms with E-state index < -0.39 is 5.54 Å². The Balaban J connectivity index is 2.48. The molecule has 2 N–H and O–H groups in total. The maximum atomic E-state index is 12.1. The van der Waals surface area contributed by atoms with Gasteiger partial charge in [0.05, 0.1) is 15.7 Å². The van der Waals surface area contributed by atoms with E-state index in [1.54, 1.807) is 6.07 Å². The molecule has 82 valence electrons. The molecule has 0 bridgehead atoms. The molecule has 1 unspecified atom stereocenters. The minimum absolute atomic E-state index is 0.0367. The van der Waals surface area contributed by atoms with Crippen molar-refractivity contribution < 1.29 is 4.79 Å². The van der Waals surface area contributed by atoms with Gasteiger partial charge in [-0.05, 0) is 18.1 Å². The minimum Gasteiger partial charge on any atom is -0.315 e. The third-order valence-electron chi connectivity index (χ3n) is 3.25. The van der Waals surface area contributed by atoms with Crippen molar-refractivity contribution in [2.45, 2.75) is 23.6 Å². The molecule has 1 fully saturated rings. The molecular weight excluding hydrogens is 219 g/mol. The van der Waals surface area contributed by atoms with Crippen LogP contribution in [0.5, 0.6) is 0 Å². The number of ketones is 1. The first kappa shape index (κ1) is 11.7. The van der Waals surface area contributed by atoms with Gasteiger partial charge < -0.3 is 5.73 Å². The van der Waals surface area contributed by atoms with Crippen molar-refractivity contribution in [3.63, 3.8) is 0 Å². The van der Waals surface area contributed by atoms with Crippen molar-refractivity contribution in [3.05, 3.63) is 34.9 Å². The molecule has 1 aliphatic carbocycles. The normalized spacial score (nSPS) is 28.2. The first-order valence-corrected chi connectivity index (χ1v) is 5.80. The molecule has 0 spiro atoms. The quantitative estimate of drug-likeness (QED) is 0.706. The Bertz CT molecular complexity index is 449. The molecule has 1 aliphatic rings. The van der Waals surface area contributed by atoms with Gasteiger partial charge in [0.25, 0.3) is 0 Å². The van der Waals surface area contributed by atoms with Crippen molar-refractivity contribution in [3.8, 4) is 0 Å². The van der Waals surface area contributed by atoms with Crippen LogP contribution in [0.25, 0.3) is 0 Å². The highest BCUT2D eigenvalue weighted by atomic mass is 35.5. The zero-order valence-electron chi connectivity index (χ0n) is 9.59. The molecule has 0 radical (unpaired) electrons. The van der Waals surface area contributed by atoms with E-state index in [1.807, 2.05) is 18.2 Å². The predicted octanol–water partition coefficient (Wildman–Crippen LogP) is 0.239. The lowest BCUT2D eigenvalue weighted by Gasteiger charge is -2.26. The summed E-state index contributed by atoms with van der Waals surface area (Å²) in [6.07, 6.45) is 1.18. The van der Waals surface area contributed by atoms with Crippen LogP contribution in [-0.4, -0.2) is 21.5 Å². The Kier molecular flexibility index (Phi) is 2.67. The van der Waals surface area contributed by atoms with Crippen molar-refractivity contribution >= 4 is 33.1 Å². The molecule has 16 heavy (non-hydrogen) atoms. The van der Waals surface area contributed by atoms with Gasteiger partial charge in [-0.25, -0.2) is 0 Å². The molecule has 0 amide bonds. The number of carbonyl (C=O) groups excluding carboxylic acids is 1. The van der Waals surface area contributed by atoms with Crippen LogP contribution in [-0.2, 0) is 10.3 Å². The second-order valence-electron chi connectivity index (χ2n) is 5.39. The van der Waals surface area contributed by atoms with Gasteiger partial charge in [0.2, 0.25) is 0 Å². The molecule has 0 saturated heterocycles. The molecular formula is C11H14B2ClNO. The Morgan fingerprint density at radius 1 is 1.31 bits per heavy atom. The SMILES string of the molecule is BC1(B)CC(=O)C(N)(c2ccccc2Cl)C1. The monoisotopic (exact) mass is 233 g/mol. The van der Waals surface area contributed by atoms with E-state index >= 15 is 0 Å². The largest absolute Gasteiger partial charge is 0.315 e. The van der Waals surface area contributed by atoms with Crippen LogP contribution < -0.4 is 5.73 Å². The molecule has 0 heterocycles. The molecule has 5 heteroatoms. The molecule has 1 saturated carbocycles. The molecule has 1 atom stereocenters.